The molecule has 1 aromatic rings. The van der Waals surface area contributed by atoms with Crippen LogP contribution in [0.15, 0.2) is 24.3 Å². The molecule has 1 atom stereocenters. The van der Waals surface area contributed by atoms with Crippen LogP contribution in [-0.2, 0) is 16.1 Å². The van der Waals surface area contributed by atoms with Crippen molar-refractivity contribution < 1.29 is 14.3 Å². The number of carbonyl (C=O) groups excluding carboxylic acids is 1. The van der Waals surface area contributed by atoms with Crippen LogP contribution in [0.2, 0.25) is 0 Å². The van der Waals surface area contributed by atoms with E-state index in [1.165, 1.54) is 0 Å². The summed E-state index contributed by atoms with van der Waals surface area (Å²) in [6, 6.07) is 8.54. The molecule has 1 heterocycles. The molecule has 1 saturated carbocycles. The van der Waals surface area contributed by atoms with E-state index in [0.29, 0.717) is 25.1 Å². The molecule has 0 N–H and O–H groups in total. The molecule has 3 rings (SSSR count). The van der Waals surface area contributed by atoms with Crippen molar-refractivity contribution in [1.82, 2.24) is 4.90 Å². The van der Waals surface area contributed by atoms with Gasteiger partial charge in [-0.2, -0.15) is 0 Å². The molecule has 0 spiro atoms. The minimum atomic E-state index is 0.159. The minimum Gasteiger partial charge on any atom is -0.493 e. The van der Waals surface area contributed by atoms with Crippen molar-refractivity contribution in [3.63, 3.8) is 0 Å². The Morgan fingerprint density at radius 2 is 2.24 bits per heavy atom. The van der Waals surface area contributed by atoms with Gasteiger partial charge in [0.15, 0.2) is 0 Å². The molecule has 1 aliphatic heterocycles. The number of amides is 1. The highest BCUT2D eigenvalue weighted by molar-refractivity contribution is 5.74. The Balaban J connectivity index is 1.58. The molecule has 4 heteroatoms. The first kappa shape index (κ1) is 14.4. The van der Waals surface area contributed by atoms with Crippen LogP contribution < -0.4 is 4.74 Å². The Bertz CT molecular complexity index is 493. The summed E-state index contributed by atoms with van der Waals surface area (Å²) in [6.45, 7) is 4.70. The molecule has 2 fully saturated rings. The molecule has 0 bridgehead atoms. The van der Waals surface area contributed by atoms with Gasteiger partial charge in [-0.1, -0.05) is 12.1 Å². The van der Waals surface area contributed by atoms with Crippen molar-refractivity contribution in [2.24, 2.45) is 5.92 Å². The van der Waals surface area contributed by atoms with Gasteiger partial charge in [0.05, 0.1) is 13.2 Å². The van der Waals surface area contributed by atoms with E-state index >= 15 is 0 Å². The van der Waals surface area contributed by atoms with Crippen LogP contribution >= 0.6 is 0 Å². The molecule has 114 valence electrons. The van der Waals surface area contributed by atoms with Gasteiger partial charge in [0.25, 0.3) is 0 Å². The number of hydrogen-bond acceptors (Lipinski definition) is 3. The van der Waals surface area contributed by atoms with Gasteiger partial charge in [0.1, 0.15) is 5.75 Å². The number of hydrogen-bond donors (Lipinski definition) is 0. The summed E-state index contributed by atoms with van der Waals surface area (Å²) in [7, 11) is 0. The normalized spacial score (nSPS) is 21.3. The van der Waals surface area contributed by atoms with Crippen LogP contribution in [-0.4, -0.2) is 36.7 Å². The number of rotatable bonds is 6. The maximum atomic E-state index is 11.7. The average molecular weight is 289 g/mol. The van der Waals surface area contributed by atoms with Crippen LogP contribution in [0.4, 0.5) is 0 Å². The van der Waals surface area contributed by atoms with Gasteiger partial charge in [0.2, 0.25) is 5.91 Å². The number of nitrogens with zero attached hydrogens (tertiary/aromatic N) is 1. The largest absolute Gasteiger partial charge is 0.493 e. The lowest BCUT2D eigenvalue weighted by Crippen LogP contribution is -2.30. The maximum Gasteiger partial charge on any atom is 0.219 e. The summed E-state index contributed by atoms with van der Waals surface area (Å²) in [5.41, 5.74) is 1.14. The van der Waals surface area contributed by atoms with Gasteiger partial charge in [0, 0.05) is 32.0 Å². The molecular weight excluding hydrogens is 266 g/mol. The molecule has 1 amide bonds. The van der Waals surface area contributed by atoms with Crippen LogP contribution in [0.5, 0.6) is 5.75 Å². The summed E-state index contributed by atoms with van der Waals surface area (Å²) in [6.07, 6.45) is 3.36. The van der Waals surface area contributed by atoms with Gasteiger partial charge < -0.3 is 14.4 Å². The molecule has 21 heavy (non-hydrogen) atoms. The topological polar surface area (TPSA) is 38.8 Å². The van der Waals surface area contributed by atoms with E-state index in [0.717, 1.165) is 43.8 Å². The quantitative estimate of drug-likeness (QED) is 0.808. The predicted octanol–water partition coefficient (Wildman–Crippen LogP) is 2.61. The Kier molecular flexibility index (Phi) is 4.44. The fraction of sp³-hybridized carbons (Fsp3) is 0.588. The third kappa shape index (κ3) is 3.97. The second-order valence-electron chi connectivity index (χ2n) is 6.07. The first-order chi connectivity index (χ1) is 10.2. The Labute approximate surface area is 126 Å². The fourth-order valence-electron chi connectivity index (χ4n) is 2.74. The standard InChI is InChI=1S/C17H23NO3/c1-13(19)18(16-5-6-16)10-14-3-2-4-17(9-14)21-12-15-7-8-20-11-15/h2-4,9,15-16H,5-8,10-12H2,1H3. The molecule has 0 radical (unpaired) electrons. The molecule has 1 aromatic carbocycles. The van der Waals surface area contributed by atoms with Gasteiger partial charge in [-0.15, -0.1) is 0 Å². The van der Waals surface area contributed by atoms with Crippen molar-refractivity contribution in [3.8, 4) is 5.75 Å². The summed E-state index contributed by atoms with van der Waals surface area (Å²) >= 11 is 0. The molecule has 4 nitrogen and oxygen atoms in total. The molecule has 2 aliphatic rings. The van der Waals surface area contributed by atoms with Gasteiger partial charge in [-0.25, -0.2) is 0 Å². The maximum absolute atomic E-state index is 11.7. The third-order valence-corrected chi connectivity index (χ3v) is 4.15. The lowest BCUT2D eigenvalue weighted by Gasteiger charge is -2.21. The Morgan fingerprint density at radius 3 is 2.90 bits per heavy atom. The fourth-order valence-corrected chi connectivity index (χ4v) is 2.74. The van der Waals surface area contributed by atoms with Crippen LogP contribution in [0.1, 0.15) is 31.7 Å². The number of benzene rings is 1. The van der Waals surface area contributed by atoms with E-state index in [4.69, 9.17) is 9.47 Å². The highest BCUT2D eigenvalue weighted by atomic mass is 16.5. The van der Waals surface area contributed by atoms with Crippen molar-refractivity contribution in [2.75, 3.05) is 19.8 Å². The number of carbonyl (C=O) groups is 1. The van der Waals surface area contributed by atoms with Gasteiger partial charge in [-0.05, 0) is 37.0 Å². The van der Waals surface area contributed by atoms with Gasteiger partial charge >= 0.3 is 0 Å². The van der Waals surface area contributed by atoms with E-state index in [2.05, 4.69) is 6.07 Å². The molecule has 1 saturated heterocycles. The second kappa shape index (κ2) is 6.48. The van der Waals surface area contributed by atoms with E-state index in [9.17, 15) is 4.79 Å². The van der Waals surface area contributed by atoms with Crippen LogP contribution in [0.25, 0.3) is 0 Å². The van der Waals surface area contributed by atoms with Crippen molar-refractivity contribution in [2.45, 2.75) is 38.8 Å². The highest BCUT2D eigenvalue weighted by Gasteiger charge is 2.30. The smallest absolute Gasteiger partial charge is 0.219 e. The summed E-state index contributed by atoms with van der Waals surface area (Å²) < 4.78 is 11.2. The monoisotopic (exact) mass is 289 g/mol. The SMILES string of the molecule is CC(=O)N(Cc1cccc(OCC2CCOC2)c1)C1CC1. The highest BCUT2D eigenvalue weighted by Crippen LogP contribution is 2.29. The van der Waals surface area contributed by atoms with Crippen molar-refractivity contribution in [1.29, 1.82) is 0 Å². The zero-order valence-corrected chi connectivity index (χ0v) is 12.6. The van der Waals surface area contributed by atoms with Crippen LogP contribution in [0, 0.1) is 5.92 Å². The Morgan fingerprint density at radius 1 is 1.38 bits per heavy atom. The Hall–Kier alpha value is -1.55. The van der Waals surface area contributed by atoms with E-state index in [1.807, 2.05) is 23.1 Å². The van der Waals surface area contributed by atoms with E-state index < -0.39 is 0 Å². The number of ether oxygens (including phenoxy) is 2. The van der Waals surface area contributed by atoms with Crippen molar-refractivity contribution >= 4 is 5.91 Å². The molecule has 0 aromatic heterocycles. The van der Waals surface area contributed by atoms with Crippen molar-refractivity contribution in [3.05, 3.63) is 29.8 Å². The second-order valence-corrected chi connectivity index (χ2v) is 6.07. The zero-order chi connectivity index (χ0) is 14.7. The summed E-state index contributed by atoms with van der Waals surface area (Å²) in [5, 5.41) is 0. The lowest BCUT2D eigenvalue weighted by molar-refractivity contribution is -0.130. The first-order valence-corrected chi connectivity index (χ1v) is 7.79. The minimum absolute atomic E-state index is 0.159. The van der Waals surface area contributed by atoms with Gasteiger partial charge in [-0.3, -0.25) is 4.79 Å². The predicted molar refractivity (Wildman–Crippen MR) is 80.1 cm³/mol. The molecular formula is C17H23NO3. The summed E-state index contributed by atoms with van der Waals surface area (Å²) in [4.78, 5) is 13.7. The zero-order valence-electron chi connectivity index (χ0n) is 12.6. The average Bonchev–Trinajstić information content (AvgIpc) is 3.18. The lowest BCUT2D eigenvalue weighted by atomic mass is 10.1. The van der Waals surface area contributed by atoms with E-state index in [1.54, 1.807) is 6.92 Å². The third-order valence-electron chi connectivity index (χ3n) is 4.15. The molecule has 1 aliphatic carbocycles. The van der Waals surface area contributed by atoms with E-state index in [-0.39, 0.29) is 5.91 Å². The first-order valence-electron chi connectivity index (χ1n) is 7.79. The van der Waals surface area contributed by atoms with Crippen LogP contribution in [0.3, 0.4) is 0 Å². The molecule has 1 unspecified atom stereocenters. The summed E-state index contributed by atoms with van der Waals surface area (Å²) in [5.74, 6) is 1.56.